The number of anilines is 1. The van der Waals surface area contributed by atoms with E-state index in [1.54, 1.807) is 11.8 Å². The van der Waals surface area contributed by atoms with E-state index in [0.29, 0.717) is 30.5 Å². The van der Waals surface area contributed by atoms with Crippen LogP contribution in [0.15, 0.2) is 24.5 Å². The molecule has 7 nitrogen and oxygen atoms in total. The van der Waals surface area contributed by atoms with Gasteiger partial charge in [-0.2, -0.15) is 10.1 Å². The molecule has 1 amide bonds. The van der Waals surface area contributed by atoms with E-state index in [1.165, 1.54) is 6.33 Å². The van der Waals surface area contributed by atoms with E-state index >= 15 is 0 Å². The first-order chi connectivity index (χ1) is 10.2. The summed E-state index contributed by atoms with van der Waals surface area (Å²) >= 11 is 0. The predicted octanol–water partition coefficient (Wildman–Crippen LogP) is 1.62. The van der Waals surface area contributed by atoms with E-state index in [2.05, 4.69) is 15.4 Å². The Morgan fingerprint density at radius 2 is 2.29 bits per heavy atom. The molecule has 1 aliphatic heterocycles. The maximum absolute atomic E-state index is 11.8. The fourth-order valence-electron chi connectivity index (χ4n) is 2.43. The van der Waals surface area contributed by atoms with E-state index in [-0.39, 0.29) is 11.9 Å². The Morgan fingerprint density at radius 3 is 3.05 bits per heavy atom. The SMILES string of the molecule is CCOc1ccc(C2CC(=O)Nc3ncnn32)cc1OC. The Balaban J connectivity index is 1.99. The fraction of sp³-hybridized carbons (Fsp3) is 0.357. The summed E-state index contributed by atoms with van der Waals surface area (Å²) in [5.41, 5.74) is 0.928. The standard InChI is InChI=1S/C14H16N4O3/c1-3-21-11-5-4-9(6-12(11)20-2)10-7-13(19)17-14-15-8-16-18(10)14/h4-6,8,10H,3,7H2,1-2H3,(H,15,16,17,19). The lowest BCUT2D eigenvalue weighted by molar-refractivity contribution is -0.117. The van der Waals surface area contributed by atoms with Crippen LogP contribution in [0.3, 0.4) is 0 Å². The Labute approximate surface area is 121 Å². The van der Waals surface area contributed by atoms with Crippen molar-refractivity contribution in [1.29, 1.82) is 0 Å². The Morgan fingerprint density at radius 1 is 1.43 bits per heavy atom. The maximum atomic E-state index is 11.8. The molecular formula is C14H16N4O3. The molecule has 0 bridgehead atoms. The van der Waals surface area contributed by atoms with Gasteiger partial charge in [0.25, 0.3) is 0 Å². The summed E-state index contributed by atoms with van der Waals surface area (Å²) in [7, 11) is 1.59. The van der Waals surface area contributed by atoms with Gasteiger partial charge in [0.2, 0.25) is 11.9 Å². The van der Waals surface area contributed by atoms with Crippen molar-refractivity contribution in [3.63, 3.8) is 0 Å². The van der Waals surface area contributed by atoms with Crippen molar-refractivity contribution in [1.82, 2.24) is 14.8 Å². The summed E-state index contributed by atoms with van der Waals surface area (Å²) in [5.74, 6) is 1.71. The second-order valence-corrected chi connectivity index (χ2v) is 4.64. The molecular weight excluding hydrogens is 272 g/mol. The van der Waals surface area contributed by atoms with Crippen molar-refractivity contribution >= 4 is 11.9 Å². The lowest BCUT2D eigenvalue weighted by Gasteiger charge is -2.24. The number of rotatable bonds is 4. The first-order valence-corrected chi connectivity index (χ1v) is 6.73. The third-order valence-corrected chi connectivity index (χ3v) is 3.37. The summed E-state index contributed by atoms with van der Waals surface area (Å²) < 4.78 is 12.6. The zero-order chi connectivity index (χ0) is 14.8. The highest BCUT2D eigenvalue weighted by atomic mass is 16.5. The molecule has 0 saturated heterocycles. The van der Waals surface area contributed by atoms with Crippen LogP contribution < -0.4 is 14.8 Å². The molecule has 0 saturated carbocycles. The van der Waals surface area contributed by atoms with Gasteiger partial charge in [-0.15, -0.1) is 0 Å². The maximum Gasteiger partial charge on any atom is 0.229 e. The van der Waals surface area contributed by atoms with Crippen LogP contribution in [-0.4, -0.2) is 34.4 Å². The molecule has 1 aliphatic rings. The molecule has 0 aliphatic carbocycles. The number of carbonyl (C=O) groups is 1. The third-order valence-electron chi connectivity index (χ3n) is 3.37. The highest BCUT2D eigenvalue weighted by molar-refractivity contribution is 5.91. The van der Waals surface area contributed by atoms with E-state index in [0.717, 1.165) is 5.56 Å². The minimum absolute atomic E-state index is 0.0756. The lowest BCUT2D eigenvalue weighted by Crippen LogP contribution is -2.29. The number of hydrogen-bond donors (Lipinski definition) is 1. The van der Waals surface area contributed by atoms with Gasteiger partial charge in [0.05, 0.1) is 26.2 Å². The summed E-state index contributed by atoms with van der Waals surface area (Å²) in [4.78, 5) is 15.8. The lowest BCUT2D eigenvalue weighted by atomic mass is 10.0. The van der Waals surface area contributed by atoms with Crippen molar-refractivity contribution in [3.05, 3.63) is 30.1 Å². The molecule has 1 aromatic heterocycles. The number of benzene rings is 1. The average molecular weight is 288 g/mol. The van der Waals surface area contributed by atoms with Crippen LogP contribution in [0.4, 0.5) is 5.95 Å². The average Bonchev–Trinajstić information content (AvgIpc) is 2.95. The van der Waals surface area contributed by atoms with Crippen molar-refractivity contribution in [3.8, 4) is 11.5 Å². The molecule has 21 heavy (non-hydrogen) atoms. The first kappa shape index (κ1) is 13.4. The van der Waals surface area contributed by atoms with Crippen molar-refractivity contribution in [2.45, 2.75) is 19.4 Å². The molecule has 1 atom stereocenters. The molecule has 0 spiro atoms. The molecule has 2 aromatic rings. The largest absolute Gasteiger partial charge is 0.493 e. The number of nitrogens with one attached hydrogen (secondary N) is 1. The highest BCUT2D eigenvalue weighted by Gasteiger charge is 2.28. The first-order valence-electron chi connectivity index (χ1n) is 6.73. The van der Waals surface area contributed by atoms with Crippen LogP contribution in [0.5, 0.6) is 11.5 Å². The Hall–Kier alpha value is -2.57. The van der Waals surface area contributed by atoms with Crippen molar-refractivity contribution in [2.24, 2.45) is 0 Å². The van der Waals surface area contributed by atoms with Gasteiger partial charge in [-0.1, -0.05) is 6.07 Å². The van der Waals surface area contributed by atoms with Crippen LogP contribution >= 0.6 is 0 Å². The zero-order valence-electron chi connectivity index (χ0n) is 11.9. The molecule has 1 N–H and O–H groups in total. The number of methoxy groups -OCH3 is 1. The van der Waals surface area contributed by atoms with Crippen molar-refractivity contribution < 1.29 is 14.3 Å². The van der Waals surface area contributed by atoms with Gasteiger partial charge in [0, 0.05) is 0 Å². The Bertz CT molecular complexity index is 668. The van der Waals surface area contributed by atoms with Gasteiger partial charge in [0.1, 0.15) is 6.33 Å². The summed E-state index contributed by atoms with van der Waals surface area (Å²) in [6, 6.07) is 5.45. The fourth-order valence-corrected chi connectivity index (χ4v) is 2.43. The second kappa shape index (κ2) is 5.43. The van der Waals surface area contributed by atoms with Crippen molar-refractivity contribution in [2.75, 3.05) is 19.0 Å². The topological polar surface area (TPSA) is 78.3 Å². The molecule has 3 rings (SSSR count). The van der Waals surface area contributed by atoms with Gasteiger partial charge in [-0.05, 0) is 24.6 Å². The van der Waals surface area contributed by atoms with Gasteiger partial charge in [0.15, 0.2) is 11.5 Å². The van der Waals surface area contributed by atoms with Crippen LogP contribution in [-0.2, 0) is 4.79 Å². The van der Waals surface area contributed by atoms with Crippen LogP contribution in [0.2, 0.25) is 0 Å². The normalized spacial score (nSPS) is 17.0. The van der Waals surface area contributed by atoms with Crippen LogP contribution in [0, 0.1) is 0 Å². The quantitative estimate of drug-likeness (QED) is 0.925. The number of ether oxygens (including phenoxy) is 2. The molecule has 7 heteroatoms. The van der Waals surface area contributed by atoms with Gasteiger partial charge >= 0.3 is 0 Å². The number of amides is 1. The third kappa shape index (κ3) is 2.42. The van der Waals surface area contributed by atoms with Gasteiger partial charge in [-0.3, -0.25) is 10.1 Å². The summed E-state index contributed by atoms with van der Waals surface area (Å²) in [5, 5.41) is 6.88. The molecule has 2 heterocycles. The van der Waals surface area contributed by atoms with E-state index < -0.39 is 0 Å². The smallest absolute Gasteiger partial charge is 0.229 e. The number of aromatic nitrogens is 3. The number of hydrogen-bond acceptors (Lipinski definition) is 5. The number of nitrogens with zero attached hydrogens (tertiary/aromatic N) is 3. The van der Waals surface area contributed by atoms with Gasteiger partial charge in [-0.25, -0.2) is 4.68 Å². The monoisotopic (exact) mass is 288 g/mol. The Kier molecular flexibility index (Phi) is 3.47. The van der Waals surface area contributed by atoms with Crippen LogP contribution in [0.25, 0.3) is 0 Å². The summed E-state index contributed by atoms with van der Waals surface area (Å²) in [6.07, 6.45) is 1.74. The molecule has 1 aromatic carbocycles. The van der Waals surface area contributed by atoms with Gasteiger partial charge < -0.3 is 9.47 Å². The number of carbonyl (C=O) groups excluding carboxylic acids is 1. The van der Waals surface area contributed by atoms with E-state index in [9.17, 15) is 4.79 Å². The predicted molar refractivity (Wildman–Crippen MR) is 75.6 cm³/mol. The number of fused-ring (bicyclic) bond motifs is 1. The van der Waals surface area contributed by atoms with E-state index in [1.807, 2.05) is 25.1 Å². The molecule has 110 valence electrons. The minimum atomic E-state index is -0.194. The second-order valence-electron chi connectivity index (χ2n) is 4.64. The summed E-state index contributed by atoms with van der Waals surface area (Å²) in [6.45, 7) is 2.48. The highest BCUT2D eigenvalue weighted by Crippen LogP contribution is 2.34. The van der Waals surface area contributed by atoms with E-state index in [4.69, 9.17) is 9.47 Å². The molecule has 0 radical (unpaired) electrons. The molecule has 1 unspecified atom stereocenters. The van der Waals surface area contributed by atoms with Crippen LogP contribution in [0.1, 0.15) is 24.9 Å². The zero-order valence-corrected chi connectivity index (χ0v) is 11.9. The molecule has 0 fully saturated rings. The minimum Gasteiger partial charge on any atom is -0.493 e.